The van der Waals surface area contributed by atoms with Crippen LogP contribution < -0.4 is 4.74 Å². The van der Waals surface area contributed by atoms with Crippen LogP contribution in [0.3, 0.4) is 0 Å². The van der Waals surface area contributed by atoms with Gasteiger partial charge in [0.15, 0.2) is 5.75 Å². The third-order valence-electron chi connectivity index (χ3n) is 2.39. The number of rotatable bonds is 3. The summed E-state index contributed by atoms with van der Waals surface area (Å²) in [6.45, 7) is 0.0793. The molecular weight excluding hydrogens is 288 g/mol. The van der Waals surface area contributed by atoms with E-state index in [0.717, 1.165) is 6.07 Å². The number of hydrogen-bond acceptors (Lipinski definition) is 2. The van der Waals surface area contributed by atoms with Crippen molar-refractivity contribution in [2.24, 2.45) is 0 Å². The number of nitrogens with zero attached hydrogens (tertiary/aromatic N) is 1. The number of hydrogen-bond donors (Lipinski definition) is 0. The van der Waals surface area contributed by atoms with Crippen LogP contribution >= 0.6 is 23.2 Å². The molecule has 0 saturated heterocycles. The zero-order valence-electron chi connectivity index (χ0n) is 9.66. The third-order valence-corrected chi connectivity index (χ3v) is 2.98. The van der Waals surface area contributed by atoms with Crippen molar-refractivity contribution in [3.8, 4) is 11.8 Å². The normalized spacial score (nSPS) is 10.0. The maximum Gasteiger partial charge on any atom is 0.156 e. The maximum atomic E-state index is 13.2. The van der Waals surface area contributed by atoms with Crippen molar-refractivity contribution in [3.05, 3.63) is 63.4 Å². The second kappa shape index (κ2) is 5.92. The van der Waals surface area contributed by atoms with Gasteiger partial charge in [0.1, 0.15) is 12.4 Å². The minimum absolute atomic E-state index is 0.0793. The van der Waals surface area contributed by atoms with Crippen molar-refractivity contribution >= 4 is 23.2 Å². The molecule has 96 valence electrons. The van der Waals surface area contributed by atoms with Gasteiger partial charge in [-0.15, -0.1) is 0 Å². The van der Waals surface area contributed by atoms with Crippen molar-refractivity contribution in [1.82, 2.24) is 0 Å². The van der Waals surface area contributed by atoms with Gasteiger partial charge >= 0.3 is 0 Å². The maximum absolute atomic E-state index is 13.2. The van der Waals surface area contributed by atoms with Gasteiger partial charge in [0.25, 0.3) is 0 Å². The van der Waals surface area contributed by atoms with Gasteiger partial charge < -0.3 is 4.74 Å². The second-order valence-electron chi connectivity index (χ2n) is 3.80. The van der Waals surface area contributed by atoms with E-state index >= 15 is 0 Å². The highest BCUT2D eigenvalue weighted by Gasteiger charge is 2.08. The standard InChI is InChI=1S/C14H8Cl2FNO/c15-12-2-1-3-13(16)14(12)19-8-10-4-9(7-18)5-11(17)6-10/h1-6H,8H2. The number of halogens is 3. The van der Waals surface area contributed by atoms with Gasteiger partial charge in [-0.1, -0.05) is 29.3 Å². The number of ether oxygens (including phenoxy) is 1. The van der Waals surface area contributed by atoms with Crippen LogP contribution in [0.2, 0.25) is 10.0 Å². The fourth-order valence-electron chi connectivity index (χ4n) is 1.57. The predicted octanol–water partition coefficient (Wildman–Crippen LogP) is 4.58. The summed E-state index contributed by atoms with van der Waals surface area (Å²) in [5.41, 5.74) is 0.774. The zero-order chi connectivity index (χ0) is 13.8. The highest BCUT2D eigenvalue weighted by Crippen LogP contribution is 2.32. The van der Waals surface area contributed by atoms with E-state index in [1.54, 1.807) is 24.3 Å². The van der Waals surface area contributed by atoms with E-state index in [1.165, 1.54) is 6.07 Å². The topological polar surface area (TPSA) is 33.0 Å². The molecule has 2 aromatic carbocycles. The molecule has 0 atom stereocenters. The molecule has 19 heavy (non-hydrogen) atoms. The molecular formula is C14H8Cl2FNO. The molecule has 0 heterocycles. The Hall–Kier alpha value is -1.76. The van der Waals surface area contributed by atoms with Crippen molar-refractivity contribution in [1.29, 1.82) is 5.26 Å². The van der Waals surface area contributed by atoms with Gasteiger partial charge in [0.05, 0.1) is 21.7 Å². The van der Waals surface area contributed by atoms with Gasteiger partial charge in [-0.2, -0.15) is 5.26 Å². The largest absolute Gasteiger partial charge is 0.486 e. The average molecular weight is 296 g/mol. The molecule has 2 nitrogen and oxygen atoms in total. The van der Waals surface area contributed by atoms with Crippen LogP contribution in [0.4, 0.5) is 4.39 Å². The molecule has 2 aromatic rings. The van der Waals surface area contributed by atoms with Gasteiger partial charge in [-0.05, 0) is 35.9 Å². The summed E-state index contributed by atoms with van der Waals surface area (Å²) in [7, 11) is 0. The Morgan fingerprint density at radius 2 is 1.84 bits per heavy atom. The highest BCUT2D eigenvalue weighted by molar-refractivity contribution is 6.37. The Kier molecular flexibility index (Phi) is 4.26. The molecule has 0 bridgehead atoms. The molecule has 2 rings (SSSR count). The molecule has 0 N–H and O–H groups in total. The van der Waals surface area contributed by atoms with Gasteiger partial charge in [-0.25, -0.2) is 4.39 Å². The summed E-state index contributed by atoms with van der Waals surface area (Å²) in [6, 6.07) is 10.9. The summed E-state index contributed by atoms with van der Waals surface area (Å²) in [5.74, 6) is -0.142. The molecule has 0 aliphatic rings. The van der Waals surface area contributed by atoms with E-state index in [-0.39, 0.29) is 12.2 Å². The first-order chi connectivity index (χ1) is 9.10. The van der Waals surface area contributed by atoms with Crippen molar-refractivity contribution < 1.29 is 9.13 Å². The molecule has 0 saturated carbocycles. The summed E-state index contributed by atoms with van der Waals surface area (Å²) in [6.07, 6.45) is 0. The molecule has 0 unspecified atom stereocenters. The average Bonchev–Trinajstić information content (AvgIpc) is 2.37. The van der Waals surface area contributed by atoms with E-state index in [1.807, 2.05) is 6.07 Å². The lowest BCUT2D eigenvalue weighted by Crippen LogP contribution is -1.98. The Morgan fingerprint density at radius 3 is 2.47 bits per heavy atom. The van der Waals surface area contributed by atoms with Crippen LogP contribution in [-0.4, -0.2) is 0 Å². The van der Waals surface area contributed by atoms with E-state index in [4.69, 9.17) is 33.2 Å². The summed E-state index contributed by atoms with van der Waals surface area (Å²) >= 11 is 11.9. The van der Waals surface area contributed by atoms with Gasteiger partial charge in [0.2, 0.25) is 0 Å². The second-order valence-corrected chi connectivity index (χ2v) is 4.61. The molecule has 0 aromatic heterocycles. The Balaban J connectivity index is 2.19. The first-order valence-electron chi connectivity index (χ1n) is 5.36. The SMILES string of the molecule is N#Cc1cc(F)cc(COc2c(Cl)cccc2Cl)c1. The lowest BCUT2D eigenvalue weighted by Gasteiger charge is -2.10. The van der Waals surface area contributed by atoms with E-state index in [9.17, 15) is 4.39 Å². The van der Waals surface area contributed by atoms with Crippen molar-refractivity contribution in [3.63, 3.8) is 0 Å². The Morgan fingerprint density at radius 1 is 1.16 bits per heavy atom. The number of para-hydroxylation sites is 1. The van der Waals surface area contributed by atoms with Crippen LogP contribution in [0, 0.1) is 17.1 Å². The minimum atomic E-state index is -0.483. The summed E-state index contributed by atoms with van der Waals surface area (Å²) in [4.78, 5) is 0. The van der Waals surface area contributed by atoms with E-state index < -0.39 is 5.82 Å². The van der Waals surface area contributed by atoms with Crippen molar-refractivity contribution in [2.45, 2.75) is 6.61 Å². The fourth-order valence-corrected chi connectivity index (χ4v) is 2.08. The van der Waals surface area contributed by atoms with Crippen molar-refractivity contribution in [2.75, 3.05) is 0 Å². The first kappa shape index (κ1) is 13.7. The quantitative estimate of drug-likeness (QED) is 0.830. The summed E-state index contributed by atoms with van der Waals surface area (Å²) < 4.78 is 18.7. The van der Waals surface area contributed by atoms with Crippen LogP contribution in [-0.2, 0) is 6.61 Å². The van der Waals surface area contributed by atoms with Gasteiger partial charge in [-0.3, -0.25) is 0 Å². The van der Waals surface area contributed by atoms with Crippen LogP contribution in [0.15, 0.2) is 36.4 Å². The minimum Gasteiger partial charge on any atom is -0.486 e. The lowest BCUT2D eigenvalue weighted by molar-refractivity contribution is 0.306. The molecule has 0 aliphatic carbocycles. The fraction of sp³-hybridized carbons (Fsp3) is 0.0714. The summed E-state index contributed by atoms with van der Waals surface area (Å²) in [5, 5.41) is 9.52. The van der Waals surface area contributed by atoms with Gasteiger partial charge in [0, 0.05) is 0 Å². The Labute approximate surface area is 119 Å². The van der Waals surface area contributed by atoms with E-state index in [2.05, 4.69) is 0 Å². The molecule has 0 radical (unpaired) electrons. The highest BCUT2D eigenvalue weighted by atomic mass is 35.5. The third kappa shape index (κ3) is 3.37. The molecule has 0 aliphatic heterocycles. The zero-order valence-corrected chi connectivity index (χ0v) is 11.2. The Bertz CT molecular complexity index is 632. The lowest BCUT2D eigenvalue weighted by atomic mass is 10.1. The predicted molar refractivity (Wildman–Crippen MR) is 71.9 cm³/mol. The van der Waals surface area contributed by atoms with Crippen LogP contribution in [0.25, 0.3) is 0 Å². The number of benzene rings is 2. The van der Waals surface area contributed by atoms with Crippen LogP contribution in [0.1, 0.15) is 11.1 Å². The smallest absolute Gasteiger partial charge is 0.156 e. The molecule has 0 spiro atoms. The molecule has 5 heteroatoms. The van der Waals surface area contributed by atoms with Crippen LogP contribution in [0.5, 0.6) is 5.75 Å². The molecule has 0 fully saturated rings. The first-order valence-corrected chi connectivity index (χ1v) is 6.12. The number of nitriles is 1. The molecule has 0 amide bonds. The monoisotopic (exact) mass is 295 g/mol. The van der Waals surface area contributed by atoms with E-state index in [0.29, 0.717) is 21.4 Å².